The van der Waals surface area contributed by atoms with E-state index in [-0.39, 0.29) is 11.3 Å². The normalized spacial score (nSPS) is 10.1. The molecule has 0 aliphatic rings. The van der Waals surface area contributed by atoms with Crippen LogP contribution in [0.4, 0.5) is 0 Å². The number of rotatable bonds is 5. The summed E-state index contributed by atoms with van der Waals surface area (Å²) in [6.45, 7) is 2.34. The number of carboxylic acids is 1. The molecule has 0 bridgehead atoms. The van der Waals surface area contributed by atoms with Crippen LogP contribution in [0.3, 0.4) is 0 Å². The predicted molar refractivity (Wildman–Crippen MR) is 76.6 cm³/mol. The molecule has 0 saturated heterocycles. The average Bonchev–Trinajstić information content (AvgIpc) is 2.42. The van der Waals surface area contributed by atoms with Gasteiger partial charge in [-0.1, -0.05) is 0 Å². The zero-order chi connectivity index (χ0) is 14.5. The molecule has 1 N–H and O–H groups in total. The maximum absolute atomic E-state index is 11.2. The van der Waals surface area contributed by atoms with Gasteiger partial charge < -0.3 is 14.6 Å². The van der Waals surface area contributed by atoms with Gasteiger partial charge in [0.25, 0.3) is 0 Å². The smallest absolute Gasteiger partial charge is 0.339 e. The van der Waals surface area contributed by atoms with Crippen molar-refractivity contribution >= 4 is 21.9 Å². The van der Waals surface area contributed by atoms with Crippen molar-refractivity contribution in [1.29, 1.82) is 0 Å². The third-order valence-electron chi connectivity index (χ3n) is 2.41. The minimum absolute atomic E-state index is 0.0539. The van der Waals surface area contributed by atoms with Crippen LogP contribution in [0.5, 0.6) is 17.4 Å². The molecule has 1 heterocycles. The quantitative estimate of drug-likeness (QED) is 0.900. The maximum Gasteiger partial charge on any atom is 0.339 e. The number of benzene rings is 1. The van der Waals surface area contributed by atoms with Gasteiger partial charge in [0.05, 0.1) is 6.61 Å². The van der Waals surface area contributed by atoms with Gasteiger partial charge in [-0.15, -0.1) is 0 Å². The fraction of sp³-hybridized carbons (Fsp3) is 0.143. The molecule has 1 aromatic carbocycles. The molecule has 0 aliphatic carbocycles. The Balaban J connectivity index is 2.34. The molecule has 104 valence electrons. The van der Waals surface area contributed by atoms with E-state index in [1.807, 2.05) is 6.92 Å². The zero-order valence-corrected chi connectivity index (χ0v) is 12.3. The molecule has 0 saturated carbocycles. The lowest BCUT2D eigenvalue weighted by atomic mass is 10.2. The molecule has 0 aliphatic heterocycles. The number of pyridine rings is 1. The largest absolute Gasteiger partial charge is 0.494 e. The SMILES string of the molecule is CCOc1ccc(C(=O)O)c(Oc2ccc(Br)cn2)c1. The highest BCUT2D eigenvalue weighted by Gasteiger charge is 2.14. The van der Waals surface area contributed by atoms with Crippen LogP contribution in [0.15, 0.2) is 41.0 Å². The molecule has 0 unspecified atom stereocenters. The Morgan fingerprint density at radius 1 is 1.35 bits per heavy atom. The topological polar surface area (TPSA) is 68.7 Å². The average molecular weight is 338 g/mol. The summed E-state index contributed by atoms with van der Waals surface area (Å²) >= 11 is 3.27. The van der Waals surface area contributed by atoms with Crippen LogP contribution in [0.2, 0.25) is 0 Å². The van der Waals surface area contributed by atoms with E-state index in [1.165, 1.54) is 12.1 Å². The van der Waals surface area contributed by atoms with Gasteiger partial charge >= 0.3 is 5.97 Å². The van der Waals surface area contributed by atoms with Gasteiger partial charge in [0.15, 0.2) is 0 Å². The Kier molecular flexibility index (Phi) is 4.57. The molecule has 5 nitrogen and oxygen atoms in total. The van der Waals surface area contributed by atoms with Crippen LogP contribution < -0.4 is 9.47 Å². The first kappa shape index (κ1) is 14.3. The van der Waals surface area contributed by atoms with Crippen LogP contribution in [0.1, 0.15) is 17.3 Å². The van der Waals surface area contributed by atoms with Gasteiger partial charge in [0, 0.05) is 22.8 Å². The highest BCUT2D eigenvalue weighted by Crippen LogP contribution is 2.29. The number of hydrogen-bond acceptors (Lipinski definition) is 4. The summed E-state index contributed by atoms with van der Waals surface area (Å²) in [5, 5.41) is 9.16. The Bertz CT molecular complexity index is 613. The van der Waals surface area contributed by atoms with Crippen molar-refractivity contribution in [3.63, 3.8) is 0 Å². The number of aromatic nitrogens is 1. The number of ether oxygens (including phenoxy) is 2. The van der Waals surface area contributed by atoms with Crippen molar-refractivity contribution in [3.05, 3.63) is 46.6 Å². The van der Waals surface area contributed by atoms with Crippen LogP contribution in [-0.4, -0.2) is 22.7 Å². The summed E-state index contributed by atoms with van der Waals surface area (Å²) in [6.07, 6.45) is 1.57. The number of nitrogens with zero attached hydrogens (tertiary/aromatic N) is 1. The monoisotopic (exact) mass is 337 g/mol. The number of hydrogen-bond donors (Lipinski definition) is 1. The molecule has 0 fully saturated rings. The Labute approximate surface area is 124 Å². The second kappa shape index (κ2) is 6.38. The number of aromatic carboxylic acids is 1. The Hall–Kier alpha value is -2.08. The Morgan fingerprint density at radius 3 is 2.75 bits per heavy atom. The summed E-state index contributed by atoms with van der Waals surface area (Å²) in [4.78, 5) is 15.2. The fourth-order valence-corrected chi connectivity index (χ4v) is 1.79. The van der Waals surface area contributed by atoms with Gasteiger partial charge in [-0.25, -0.2) is 9.78 Å². The van der Waals surface area contributed by atoms with Crippen LogP contribution >= 0.6 is 15.9 Å². The molecule has 0 spiro atoms. The lowest BCUT2D eigenvalue weighted by Crippen LogP contribution is -2.01. The summed E-state index contributed by atoms with van der Waals surface area (Å²) in [5.41, 5.74) is 0.0539. The van der Waals surface area contributed by atoms with Gasteiger partial charge in [-0.3, -0.25) is 0 Å². The lowest BCUT2D eigenvalue weighted by Gasteiger charge is -2.10. The standard InChI is InChI=1S/C14H12BrNO4/c1-2-19-10-4-5-11(14(17)18)12(7-10)20-13-6-3-9(15)8-16-13/h3-8H,2H2,1H3,(H,17,18). The molecule has 1 aromatic heterocycles. The second-order valence-electron chi connectivity index (χ2n) is 3.81. The van der Waals surface area contributed by atoms with Crippen molar-refractivity contribution in [3.8, 4) is 17.4 Å². The third-order valence-corrected chi connectivity index (χ3v) is 2.88. The van der Waals surface area contributed by atoms with E-state index in [1.54, 1.807) is 24.4 Å². The number of carboxylic acid groups (broad SMARTS) is 1. The molecule has 2 aromatic rings. The van der Waals surface area contributed by atoms with Crippen molar-refractivity contribution in [1.82, 2.24) is 4.98 Å². The van der Waals surface area contributed by atoms with Crippen LogP contribution in [0, 0.1) is 0 Å². The molecule has 20 heavy (non-hydrogen) atoms. The highest BCUT2D eigenvalue weighted by atomic mass is 79.9. The van der Waals surface area contributed by atoms with Crippen molar-refractivity contribution in [2.45, 2.75) is 6.92 Å². The van der Waals surface area contributed by atoms with Crippen molar-refractivity contribution in [2.75, 3.05) is 6.61 Å². The van der Waals surface area contributed by atoms with Gasteiger partial charge in [-0.2, -0.15) is 0 Å². The van der Waals surface area contributed by atoms with E-state index < -0.39 is 5.97 Å². The minimum Gasteiger partial charge on any atom is -0.494 e. The molecule has 2 rings (SSSR count). The zero-order valence-electron chi connectivity index (χ0n) is 10.7. The van der Waals surface area contributed by atoms with Crippen molar-refractivity contribution < 1.29 is 19.4 Å². The molecule has 0 atom stereocenters. The first-order chi connectivity index (χ1) is 9.60. The van der Waals surface area contributed by atoms with Crippen molar-refractivity contribution in [2.24, 2.45) is 0 Å². The summed E-state index contributed by atoms with van der Waals surface area (Å²) in [5.74, 6) is -0.0209. The minimum atomic E-state index is -1.07. The summed E-state index contributed by atoms with van der Waals surface area (Å²) < 4.78 is 11.7. The lowest BCUT2D eigenvalue weighted by molar-refractivity contribution is 0.0694. The van der Waals surface area contributed by atoms with Gasteiger partial charge in [0.2, 0.25) is 5.88 Å². The first-order valence-corrected chi connectivity index (χ1v) is 6.69. The number of carbonyl (C=O) groups is 1. The molecular formula is C14H12BrNO4. The number of halogens is 1. The predicted octanol–water partition coefficient (Wildman–Crippen LogP) is 3.73. The Morgan fingerprint density at radius 2 is 2.15 bits per heavy atom. The van der Waals surface area contributed by atoms with Gasteiger partial charge in [0.1, 0.15) is 17.1 Å². The van der Waals surface area contributed by atoms with Crippen LogP contribution in [0.25, 0.3) is 0 Å². The fourth-order valence-electron chi connectivity index (χ4n) is 1.56. The maximum atomic E-state index is 11.2. The van der Waals surface area contributed by atoms with E-state index in [0.29, 0.717) is 18.2 Å². The molecular weight excluding hydrogens is 326 g/mol. The molecule has 6 heteroatoms. The van der Waals surface area contributed by atoms with E-state index in [4.69, 9.17) is 14.6 Å². The van der Waals surface area contributed by atoms with E-state index in [9.17, 15) is 4.79 Å². The van der Waals surface area contributed by atoms with E-state index in [0.717, 1.165) is 4.47 Å². The van der Waals surface area contributed by atoms with E-state index >= 15 is 0 Å². The molecule has 0 radical (unpaired) electrons. The van der Waals surface area contributed by atoms with Crippen LogP contribution in [-0.2, 0) is 0 Å². The third kappa shape index (κ3) is 3.48. The van der Waals surface area contributed by atoms with E-state index in [2.05, 4.69) is 20.9 Å². The summed E-state index contributed by atoms with van der Waals surface area (Å²) in [7, 11) is 0. The summed E-state index contributed by atoms with van der Waals surface area (Å²) in [6, 6.07) is 7.98. The molecule has 0 amide bonds. The second-order valence-corrected chi connectivity index (χ2v) is 4.73. The van der Waals surface area contributed by atoms with Gasteiger partial charge in [-0.05, 0) is 41.1 Å². The highest BCUT2D eigenvalue weighted by molar-refractivity contribution is 9.10. The first-order valence-electron chi connectivity index (χ1n) is 5.89.